The molecule has 0 bridgehead atoms. The first-order chi connectivity index (χ1) is 14.9. The van der Waals surface area contributed by atoms with E-state index < -0.39 is 0 Å². The fraction of sp³-hybridized carbons (Fsp3) is 0.385. The molecule has 6 heteroatoms. The molecule has 2 heterocycles. The van der Waals surface area contributed by atoms with E-state index in [-0.39, 0.29) is 22.9 Å². The molecule has 0 amide bonds. The van der Waals surface area contributed by atoms with E-state index in [1.54, 1.807) is 0 Å². The number of hydrogen-bond donors (Lipinski definition) is 4. The van der Waals surface area contributed by atoms with Gasteiger partial charge in [-0.3, -0.25) is 0 Å². The Labute approximate surface area is 189 Å². The Balaban J connectivity index is 1.58. The van der Waals surface area contributed by atoms with Crippen molar-refractivity contribution in [3.05, 3.63) is 60.3 Å². The number of H-pyrrole nitrogens is 2. The summed E-state index contributed by atoms with van der Waals surface area (Å²) in [7, 11) is 0. The lowest BCUT2D eigenvalue weighted by molar-refractivity contribution is 0.317. The summed E-state index contributed by atoms with van der Waals surface area (Å²) in [5, 5.41) is 0. The van der Waals surface area contributed by atoms with E-state index in [1.165, 1.54) is 0 Å². The van der Waals surface area contributed by atoms with E-state index in [9.17, 15) is 0 Å². The number of fused-ring (bicyclic) bond motifs is 1. The molecule has 0 aliphatic carbocycles. The minimum absolute atomic E-state index is 0.0546. The van der Waals surface area contributed by atoms with E-state index in [0.717, 1.165) is 45.1 Å². The summed E-state index contributed by atoms with van der Waals surface area (Å²) in [6.07, 6.45) is 1.85. The summed E-state index contributed by atoms with van der Waals surface area (Å²) >= 11 is 0. The number of nitrogens with one attached hydrogen (secondary N) is 2. The third-order valence-electron chi connectivity index (χ3n) is 6.08. The van der Waals surface area contributed by atoms with Crippen molar-refractivity contribution in [2.75, 3.05) is 0 Å². The number of hydrogen-bond acceptors (Lipinski definition) is 4. The van der Waals surface area contributed by atoms with Crippen molar-refractivity contribution in [1.29, 1.82) is 0 Å². The number of aromatic amines is 2. The monoisotopic (exact) mass is 430 g/mol. The average molecular weight is 431 g/mol. The predicted octanol–water partition coefficient (Wildman–Crippen LogP) is 5.71. The third-order valence-corrected chi connectivity index (χ3v) is 6.08. The molecule has 168 valence electrons. The normalized spacial score (nSPS) is 14.6. The lowest BCUT2D eigenvalue weighted by atomic mass is 9.87. The Morgan fingerprint density at radius 2 is 1.28 bits per heavy atom. The highest BCUT2D eigenvalue weighted by atomic mass is 15.0. The Kier molecular flexibility index (Phi) is 5.47. The van der Waals surface area contributed by atoms with E-state index in [1.807, 2.05) is 12.3 Å². The van der Waals surface area contributed by atoms with Crippen molar-refractivity contribution < 1.29 is 0 Å². The van der Waals surface area contributed by atoms with Crippen molar-refractivity contribution >= 4 is 11.0 Å². The molecule has 0 radical (unpaired) electrons. The van der Waals surface area contributed by atoms with E-state index in [2.05, 4.69) is 92.9 Å². The van der Waals surface area contributed by atoms with Gasteiger partial charge in [0.25, 0.3) is 0 Å². The van der Waals surface area contributed by atoms with Crippen LogP contribution in [-0.4, -0.2) is 19.9 Å². The van der Waals surface area contributed by atoms with Crippen LogP contribution in [0.2, 0.25) is 0 Å². The van der Waals surface area contributed by atoms with Crippen LogP contribution >= 0.6 is 0 Å². The van der Waals surface area contributed by atoms with Crippen LogP contribution in [0.15, 0.2) is 48.7 Å². The summed E-state index contributed by atoms with van der Waals surface area (Å²) in [5.41, 5.74) is 18.9. The van der Waals surface area contributed by atoms with Crippen LogP contribution in [0.3, 0.4) is 0 Å². The molecule has 0 aliphatic heterocycles. The SMILES string of the molecule is CC(C)(C)C(N)c1ncc(-c2ccc(-c3ccc4nc(C(N)C(C)(C)C)[nH]c4c3)cc2)[nH]1. The van der Waals surface area contributed by atoms with Gasteiger partial charge in [0.15, 0.2) is 0 Å². The van der Waals surface area contributed by atoms with Gasteiger partial charge in [-0.1, -0.05) is 71.9 Å². The van der Waals surface area contributed by atoms with Crippen LogP contribution in [0.5, 0.6) is 0 Å². The molecule has 0 spiro atoms. The van der Waals surface area contributed by atoms with E-state index >= 15 is 0 Å². The van der Waals surface area contributed by atoms with Gasteiger partial charge in [-0.2, -0.15) is 0 Å². The van der Waals surface area contributed by atoms with E-state index in [4.69, 9.17) is 16.5 Å². The maximum Gasteiger partial charge on any atom is 0.124 e. The lowest BCUT2D eigenvalue weighted by Gasteiger charge is -2.25. The fourth-order valence-corrected chi connectivity index (χ4v) is 3.66. The highest BCUT2D eigenvalue weighted by molar-refractivity contribution is 5.82. The fourth-order valence-electron chi connectivity index (χ4n) is 3.66. The Morgan fingerprint density at radius 3 is 1.91 bits per heavy atom. The molecular formula is C26H34N6. The molecule has 2 unspecified atom stereocenters. The molecule has 6 N–H and O–H groups in total. The van der Waals surface area contributed by atoms with Crippen LogP contribution in [-0.2, 0) is 0 Å². The summed E-state index contributed by atoms with van der Waals surface area (Å²) in [6.45, 7) is 12.7. The summed E-state index contributed by atoms with van der Waals surface area (Å²) in [4.78, 5) is 16.0. The molecular weight excluding hydrogens is 396 g/mol. The highest BCUT2D eigenvalue weighted by Crippen LogP contribution is 2.32. The van der Waals surface area contributed by atoms with Crippen molar-refractivity contribution in [3.63, 3.8) is 0 Å². The first kappa shape index (κ1) is 22.2. The van der Waals surface area contributed by atoms with Gasteiger partial charge < -0.3 is 21.4 Å². The number of aromatic nitrogens is 4. The zero-order valence-corrected chi connectivity index (χ0v) is 19.8. The second-order valence-corrected chi connectivity index (χ2v) is 10.8. The first-order valence-electron chi connectivity index (χ1n) is 11.1. The third kappa shape index (κ3) is 4.33. The molecule has 0 fully saturated rings. The predicted molar refractivity (Wildman–Crippen MR) is 132 cm³/mol. The number of imidazole rings is 2. The van der Waals surface area contributed by atoms with Gasteiger partial charge in [-0.25, -0.2) is 9.97 Å². The largest absolute Gasteiger partial charge is 0.341 e. The maximum atomic E-state index is 6.39. The van der Waals surface area contributed by atoms with Gasteiger partial charge in [-0.05, 0) is 39.7 Å². The zero-order valence-electron chi connectivity index (χ0n) is 19.8. The van der Waals surface area contributed by atoms with Crippen molar-refractivity contribution in [2.24, 2.45) is 22.3 Å². The van der Waals surface area contributed by atoms with E-state index in [0.29, 0.717) is 0 Å². The lowest BCUT2D eigenvalue weighted by Crippen LogP contribution is -2.27. The minimum atomic E-state index is -0.150. The van der Waals surface area contributed by atoms with Gasteiger partial charge >= 0.3 is 0 Å². The second-order valence-electron chi connectivity index (χ2n) is 10.8. The average Bonchev–Trinajstić information content (AvgIpc) is 3.38. The van der Waals surface area contributed by atoms with Crippen LogP contribution < -0.4 is 11.5 Å². The van der Waals surface area contributed by atoms with Crippen LogP contribution in [0.4, 0.5) is 0 Å². The Hall–Kier alpha value is -2.96. The van der Waals surface area contributed by atoms with Crippen molar-refractivity contribution in [2.45, 2.75) is 53.6 Å². The van der Waals surface area contributed by atoms with Crippen LogP contribution in [0.1, 0.15) is 65.3 Å². The molecule has 0 aliphatic rings. The van der Waals surface area contributed by atoms with Crippen LogP contribution in [0.25, 0.3) is 33.4 Å². The molecule has 2 aromatic carbocycles. The quantitative estimate of drug-likeness (QED) is 0.332. The van der Waals surface area contributed by atoms with Gasteiger partial charge in [-0.15, -0.1) is 0 Å². The number of nitrogens with two attached hydrogens (primary N) is 2. The van der Waals surface area contributed by atoms with Crippen LogP contribution in [0, 0.1) is 10.8 Å². The molecule has 4 rings (SSSR count). The van der Waals surface area contributed by atoms with Crippen molar-refractivity contribution in [1.82, 2.24) is 19.9 Å². The second kappa shape index (κ2) is 7.87. The summed E-state index contributed by atoms with van der Waals surface area (Å²) < 4.78 is 0. The molecule has 2 aromatic heterocycles. The summed E-state index contributed by atoms with van der Waals surface area (Å²) in [5.74, 6) is 1.63. The highest BCUT2D eigenvalue weighted by Gasteiger charge is 2.26. The molecule has 4 aromatic rings. The molecule has 0 saturated carbocycles. The molecule has 6 nitrogen and oxygen atoms in total. The van der Waals surface area contributed by atoms with Gasteiger partial charge in [0, 0.05) is 0 Å². The molecule has 32 heavy (non-hydrogen) atoms. The Bertz CT molecular complexity index is 1220. The molecule has 0 saturated heterocycles. The van der Waals surface area contributed by atoms with Crippen molar-refractivity contribution in [3.8, 4) is 22.4 Å². The molecule has 2 atom stereocenters. The van der Waals surface area contributed by atoms with Gasteiger partial charge in [0.2, 0.25) is 0 Å². The number of nitrogens with zero attached hydrogens (tertiary/aromatic N) is 2. The summed E-state index contributed by atoms with van der Waals surface area (Å²) in [6, 6.07) is 14.4. The zero-order chi connectivity index (χ0) is 23.3. The number of benzene rings is 2. The smallest absolute Gasteiger partial charge is 0.124 e. The minimum Gasteiger partial charge on any atom is -0.341 e. The van der Waals surface area contributed by atoms with Gasteiger partial charge in [0.1, 0.15) is 11.6 Å². The first-order valence-corrected chi connectivity index (χ1v) is 11.1. The number of rotatable bonds is 4. The Morgan fingerprint density at radius 1 is 0.719 bits per heavy atom. The van der Waals surface area contributed by atoms with Gasteiger partial charge in [0.05, 0.1) is 35.0 Å². The topological polar surface area (TPSA) is 109 Å². The maximum absolute atomic E-state index is 6.39. The standard InChI is InChI=1S/C26H34N6/c1-25(2,3)21(27)23-29-14-20(32-23)16-9-7-15(8-10-16)17-11-12-18-19(13-17)31-24(30-18)22(28)26(4,5)6/h7-14,21-22H,27-28H2,1-6H3,(H,29,32)(H,30,31).